The Morgan fingerprint density at radius 2 is 1.88 bits per heavy atom. The number of nitrogens with one attached hydrogen (secondary N) is 1. The number of aromatic nitrogens is 4. The van der Waals surface area contributed by atoms with Crippen molar-refractivity contribution in [1.82, 2.24) is 19.5 Å². The average Bonchev–Trinajstić information content (AvgIpc) is 3.45. The third-order valence-electron chi connectivity index (χ3n) is 5.77. The summed E-state index contributed by atoms with van der Waals surface area (Å²) < 4.78 is 23.5. The summed E-state index contributed by atoms with van der Waals surface area (Å²) in [7, 11) is 0. The second kappa shape index (κ2) is 9.89. The van der Waals surface area contributed by atoms with Gasteiger partial charge in [-0.3, -0.25) is 19.0 Å². The van der Waals surface area contributed by atoms with Gasteiger partial charge in [-0.25, -0.2) is 15.0 Å². The zero-order valence-corrected chi connectivity index (χ0v) is 19.0. The van der Waals surface area contributed by atoms with Crippen LogP contribution in [0.5, 0.6) is 0 Å². The number of imidazole rings is 1. The number of hydrogen-bond donors (Lipinski definition) is 2. The second-order valence-electron chi connectivity index (χ2n) is 8.31. The average molecular weight is 479 g/mol. The first-order valence-electron chi connectivity index (χ1n) is 11.0. The van der Waals surface area contributed by atoms with Crippen molar-refractivity contribution in [3.8, 4) is 0 Å². The normalized spacial score (nSPS) is 28.6. The van der Waals surface area contributed by atoms with Gasteiger partial charge in [0.05, 0.1) is 18.5 Å². The Labute approximate surface area is 194 Å². The predicted molar refractivity (Wildman–Crippen MR) is 114 cm³/mol. The molecule has 2 aliphatic rings. The van der Waals surface area contributed by atoms with Crippen LogP contribution < -0.4 is 5.32 Å². The first-order valence-corrected chi connectivity index (χ1v) is 11.0. The minimum atomic E-state index is -1.05. The van der Waals surface area contributed by atoms with Crippen molar-refractivity contribution in [2.45, 2.75) is 76.7 Å². The van der Waals surface area contributed by atoms with Crippen LogP contribution in [0, 0.1) is 0 Å². The van der Waals surface area contributed by atoms with Crippen molar-refractivity contribution in [3.63, 3.8) is 0 Å². The number of carbonyl (C=O) groups is 3. The predicted octanol–water partition coefficient (Wildman–Crippen LogP) is 0.475. The number of hydrogen-bond acceptors (Lipinski definition) is 12. The van der Waals surface area contributed by atoms with Crippen LogP contribution in [0.15, 0.2) is 12.7 Å². The lowest BCUT2D eigenvalue weighted by molar-refractivity contribution is -0.166. The highest BCUT2D eigenvalue weighted by Crippen LogP contribution is 2.36. The summed E-state index contributed by atoms with van der Waals surface area (Å²) in [4.78, 5) is 48.0. The van der Waals surface area contributed by atoms with Crippen LogP contribution in [0.1, 0.15) is 46.3 Å². The van der Waals surface area contributed by atoms with Gasteiger partial charge in [0, 0.05) is 20.8 Å². The molecule has 2 aromatic heterocycles. The molecule has 184 valence electrons. The van der Waals surface area contributed by atoms with Crippen LogP contribution in [-0.2, 0) is 33.3 Å². The Kier molecular flexibility index (Phi) is 6.93. The van der Waals surface area contributed by atoms with E-state index in [9.17, 15) is 19.5 Å². The lowest BCUT2D eigenvalue weighted by Crippen LogP contribution is -2.40. The van der Waals surface area contributed by atoms with Crippen molar-refractivity contribution in [2.24, 2.45) is 0 Å². The Hall–Kier alpha value is -3.32. The summed E-state index contributed by atoms with van der Waals surface area (Å²) in [6.07, 6.45) is 0.783. The molecule has 2 N–H and O–H groups in total. The van der Waals surface area contributed by atoms with Gasteiger partial charge >= 0.3 is 17.9 Å². The van der Waals surface area contributed by atoms with E-state index in [1.54, 1.807) is 4.57 Å². The van der Waals surface area contributed by atoms with Gasteiger partial charge in [0.25, 0.3) is 0 Å². The van der Waals surface area contributed by atoms with Crippen LogP contribution in [0.4, 0.5) is 5.82 Å². The third-order valence-corrected chi connectivity index (χ3v) is 5.77. The Balaban J connectivity index is 1.68. The highest BCUT2D eigenvalue weighted by molar-refractivity contribution is 5.83. The zero-order chi connectivity index (χ0) is 24.4. The summed E-state index contributed by atoms with van der Waals surface area (Å²) >= 11 is 0. The van der Waals surface area contributed by atoms with E-state index in [1.807, 2.05) is 0 Å². The van der Waals surface area contributed by atoms with Gasteiger partial charge in [-0.2, -0.15) is 0 Å². The summed E-state index contributed by atoms with van der Waals surface area (Å²) in [6, 6.07) is -0.152. The Morgan fingerprint density at radius 3 is 2.53 bits per heavy atom. The molecule has 2 fully saturated rings. The van der Waals surface area contributed by atoms with Crippen molar-refractivity contribution in [1.29, 1.82) is 0 Å². The number of rotatable bonds is 7. The fraction of sp³-hybridized carbons (Fsp3) is 0.619. The number of anilines is 1. The molecule has 3 heterocycles. The van der Waals surface area contributed by atoms with E-state index in [0.29, 0.717) is 23.4 Å². The molecule has 0 spiro atoms. The van der Waals surface area contributed by atoms with E-state index in [2.05, 4.69) is 20.3 Å². The number of fused-ring (bicyclic) bond motifs is 1. The molecule has 4 rings (SSSR count). The van der Waals surface area contributed by atoms with E-state index in [0.717, 1.165) is 12.8 Å². The van der Waals surface area contributed by atoms with Gasteiger partial charge in [0.2, 0.25) is 0 Å². The quantitative estimate of drug-likeness (QED) is 0.417. The Bertz CT molecular complexity index is 1070. The summed E-state index contributed by atoms with van der Waals surface area (Å²) in [5, 5.41) is 13.4. The Morgan fingerprint density at radius 1 is 1.15 bits per heavy atom. The molecular formula is C21H27N5O8. The number of carbonyl (C=O) groups excluding carboxylic acids is 3. The van der Waals surface area contributed by atoms with Gasteiger partial charge in [-0.05, 0) is 19.3 Å². The third kappa shape index (κ3) is 4.94. The molecule has 34 heavy (non-hydrogen) atoms. The molecule has 13 nitrogen and oxygen atoms in total. The smallest absolute Gasteiger partial charge is 0.303 e. The first kappa shape index (κ1) is 23.8. The SMILES string of the molecule is CC(=O)OC[C@H]1O[C@@H](n2[14cH]nc3c(N[C@H]4CCC[C@@H]4O)ncnc32)[C@H](OC(C)=O)[C@@H]1OC(C)=O. The molecule has 1 aliphatic heterocycles. The van der Waals surface area contributed by atoms with E-state index in [1.165, 1.54) is 33.4 Å². The molecule has 0 bridgehead atoms. The topological polar surface area (TPSA) is 164 Å². The second-order valence-corrected chi connectivity index (χ2v) is 8.31. The number of esters is 3. The summed E-state index contributed by atoms with van der Waals surface area (Å²) in [5.74, 6) is -1.31. The van der Waals surface area contributed by atoms with Gasteiger partial charge in [-0.15, -0.1) is 0 Å². The largest absolute Gasteiger partial charge is 0.463 e. The minimum Gasteiger partial charge on any atom is -0.463 e. The maximum atomic E-state index is 11.9. The molecule has 0 aromatic carbocycles. The van der Waals surface area contributed by atoms with Crippen molar-refractivity contribution >= 4 is 34.9 Å². The van der Waals surface area contributed by atoms with Gasteiger partial charge < -0.3 is 29.4 Å². The van der Waals surface area contributed by atoms with Crippen LogP contribution in [-0.4, -0.2) is 79.6 Å². The first-order chi connectivity index (χ1) is 16.2. The minimum absolute atomic E-state index is 0.152. The van der Waals surface area contributed by atoms with Gasteiger partial charge in [0.1, 0.15) is 19.0 Å². The van der Waals surface area contributed by atoms with Crippen LogP contribution >= 0.6 is 0 Å². The van der Waals surface area contributed by atoms with Crippen LogP contribution in [0.25, 0.3) is 11.2 Å². The van der Waals surface area contributed by atoms with Crippen molar-refractivity contribution < 1.29 is 38.4 Å². The lowest BCUT2D eigenvalue weighted by Gasteiger charge is -2.23. The summed E-state index contributed by atoms with van der Waals surface area (Å²) in [5.41, 5.74) is 0.807. The van der Waals surface area contributed by atoms with E-state index < -0.39 is 48.6 Å². The zero-order valence-electron chi connectivity index (χ0n) is 19.0. The number of nitrogens with zero attached hydrogens (tertiary/aromatic N) is 4. The van der Waals surface area contributed by atoms with Crippen molar-refractivity contribution in [3.05, 3.63) is 12.7 Å². The monoisotopic (exact) mass is 479 g/mol. The number of aliphatic hydroxyl groups is 1. The fourth-order valence-electron chi connectivity index (χ4n) is 4.34. The maximum absolute atomic E-state index is 11.9. The highest BCUT2D eigenvalue weighted by Gasteiger charge is 2.51. The highest BCUT2D eigenvalue weighted by atomic mass is 16.7. The standard InChI is InChI=1S/C21H27N5O8/c1-10(27)31-7-15-17(32-11(2)28)18(33-12(3)29)21(34-15)26-9-24-16-19(22-8-23-20(16)26)25-13-5-4-6-14(13)30/h8-9,13-15,17-18,21,30H,4-7H2,1-3H3,(H,22,23,25)/t13-,14-,15+,17+,18+,21+/m0/s1/i9+2. The van der Waals surface area contributed by atoms with E-state index in [-0.39, 0.29) is 12.6 Å². The van der Waals surface area contributed by atoms with Crippen molar-refractivity contribution in [2.75, 3.05) is 11.9 Å². The lowest BCUT2D eigenvalue weighted by atomic mass is 10.1. The molecule has 0 amide bonds. The number of aliphatic hydroxyl groups excluding tert-OH is 1. The van der Waals surface area contributed by atoms with Crippen LogP contribution in [0.2, 0.25) is 0 Å². The number of ether oxygens (including phenoxy) is 4. The van der Waals surface area contributed by atoms with E-state index >= 15 is 0 Å². The molecule has 13 heteroatoms. The molecular weight excluding hydrogens is 452 g/mol. The molecule has 0 radical (unpaired) electrons. The summed E-state index contributed by atoms with van der Waals surface area (Å²) in [6.45, 7) is 3.48. The maximum Gasteiger partial charge on any atom is 0.303 e. The van der Waals surface area contributed by atoms with Gasteiger partial charge in [0.15, 0.2) is 35.4 Å². The van der Waals surface area contributed by atoms with E-state index in [4.69, 9.17) is 18.9 Å². The molecule has 6 atom stereocenters. The molecule has 0 unspecified atom stereocenters. The molecule has 1 aliphatic carbocycles. The molecule has 1 saturated heterocycles. The molecule has 2 aromatic rings. The molecule has 1 saturated carbocycles. The van der Waals surface area contributed by atoms with Crippen LogP contribution in [0.3, 0.4) is 0 Å². The fourth-order valence-corrected chi connectivity index (χ4v) is 4.34. The van der Waals surface area contributed by atoms with Gasteiger partial charge in [-0.1, -0.05) is 0 Å².